The van der Waals surface area contributed by atoms with Gasteiger partial charge in [0.2, 0.25) is 0 Å². The van der Waals surface area contributed by atoms with Crippen molar-refractivity contribution in [2.75, 3.05) is 6.61 Å². The Morgan fingerprint density at radius 2 is 0.763 bits per heavy atom. The summed E-state index contributed by atoms with van der Waals surface area (Å²) in [6, 6.07) is 0. The molecule has 4 nitrogen and oxygen atoms in total. The second kappa shape index (κ2) is 34.0. The fourth-order valence-corrected chi connectivity index (χ4v) is 4.48. The van der Waals surface area contributed by atoms with E-state index in [-0.39, 0.29) is 18.0 Å². The molecule has 0 radical (unpaired) electrons. The lowest BCUT2D eigenvalue weighted by atomic mass is 10.1. The average Bonchev–Trinajstić information content (AvgIpc) is 2.89. The molecule has 0 aliphatic carbocycles. The summed E-state index contributed by atoms with van der Waals surface area (Å²) in [6.07, 6.45) is 31.1. The Labute approximate surface area is 238 Å². The number of ether oxygens (including phenoxy) is 2. The number of unbranched alkanes of at least 4 members (excludes halogenated alkanes) is 20. The van der Waals surface area contributed by atoms with Gasteiger partial charge in [0, 0.05) is 12.8 Å². The molecule has 0 aliphatic rings. The normalized spacial score (nSPS) is 10.8. The first-order valence-corrected chi connectivity index (χ1v) is 16.8. The molecule has 0 aromatic carbocycles. The molecule has 0 saturated carbocycles. The van der Waals surface area contributed by atoms with E-state index in [1.807, 2.05) is 20.8 Å². The van der Waals surface area contributed by atoms with Crippen LogP contribution in [0.3, 0.4) is 0 Å². The van der Waals surface area contributed by atoms with E-state index >= 15 is 0 Å². The third kappa shape index (κ3) is 37.1. The van der Waals surface area contributed by atoms with Crippen molar-refractivity contribution in [1.82, 2.24) is 0 Å². The number of rotatable bonds is 27. The van der Waals surface area contributed by atoms with Crippen molar-refractivity contribution in [3.8, 4) is 0 Å². The predicted octanol–water partition coefficient (Wildman–Crippen LogP) is 11.3. The first-order valence-electron chi connectivity index (χ1n) is 16.8. The zero-order valence-electron chi connectivity index (χ0n) is 26.6. The largest absolute Gasteiger partial charge is 0.466 e. The molecule has 0 rings (SSSR count). The monoisotopic (exact) mass is 541 g/mol. The maximum absolute atomic E-state index is 11.3. The fraction of sp³-hybridized carbons (Fsp3) is 0.941. The molecule has 228 valence electrons. The molecular formula is C34H68O4. The van der Waals surface area contributed by atoms with Crippen LogP contribution in [0.25, 0.3) is 0 Å². The topological polar surface area (TPSA) is 52.6 Å². The van der Waals surface area contributed by atoms with E-state index in [1.54, 1.807) is 0 Å². The maximum atomic E-state index is 11.3. The lowest BCUT2D eigenvalue weighted by Crippen LogP contribution is -2.10. The molecule has 0 heterocycles. The summed E-state index contributed by atoms with van der Waals surface area (Å²) in [7, 11) is 0. The molecule has 38 heavy (non-hydrogen) atoms. The van der Waals surface area contributed by atoms with Gasteiger partial charge in [0.1, 0.15) is 0 Å². The van der Waals surface area contributed by atoms with Crippen LogP contribution < -0.4 is 0 Å². The van der Waals surface area contributed by atoms with Gasteiger partial charge in [0.25, 0.3) is 0 Å². The minimum atomic E-state index is -0.0362. The number of esters is 2. The maximum Gasteiger partial charge on any atom is 0.306 e. The molecule has 0 fully saturated rings. The Morgan fingerprint density at radius 3 is 1.08 bits per heavy atom. The van der Waals surface area contributed by atoms with E-state index in [9.17, 15) is 9.59 Å². The SMILES string of the molecule is CCCCCCCCCCCCCC(=O)OC(C)C.CCCCCCCCCCCCCC(=O)OCCC. The molecule has 0 saturated heterocycles. The Balaban J connectivity index is 0. The lowest BCUT2D eigenvalue weighted by molar-refractivity contribution is -0.147. The van der Waals surface area contributed by atoms with Gasteiger partial charge in [-0.1, -0.05) is 149 Å². The Bertz CT molecular complexity index is 475. The molecule has 4 heteroatoms. The van der Waals surface area contributed by atoms with Crippen molar-refractivity contribution in [3.05, 3.63) is 0 Å². The highest BCUT2D eigenvalue weighted by molar-refractivity contribution is 5.69. The van der Waals surface area contributed by atoms with Crippen molar-refractivity contribution in [3.63, 3.8) is 0 Å². The summed E-state index contributed by atoms with van der Waals surface area (Å²) >= 11 is 0. The summed E-state index contributed by atoms with van der Waals surface area (Å²) in [5.41, 5.74) is 0. The quantitative estimate of drug-likeness (QED) is 0.0767. The molecule has 0 aliphatic heterocycles. The first kappa shape index (κ1) is 39.1. The van der Waals surface area contributed by atoms with Crippen molar-refractivity contribution in [1.29, 1.82) is 0 Å². The third-order valence-corrected chi connectivity index (χ3v) is 6.80. The molecule has 0 amide bonds. The molecule has 0 aromatic rings. The van der Waals surface area contributed by atoms with Gasteiger partial charge >= 0.3 is 11.9 Å². The molecule has 0 aromatic heterocycles. The standard InChI is InChI=1S/2C17H34O2/c1-4-5-6-7-8-9-10-11-12-13-14-15-17(18)19-16(2)3;1-3-5-6-7-8-9-10-11-12-13-14-15-17(18)19-16-4-2/h16H,4-15H2,1-3H3;3-16H2,1-2H3. The number of hydrogen-bond acceptors (Lipinski definition) is 4. The van der Waals surface area contributed by atoms with Crippen molar-refractivity contribution in [2.24, 2.45) is 0 Å². The zero-order chi connectivity index (χ0) is 28.5. The summed E-state index contributed by atoms with van der Waals surface area (Å²) in [4.78, 5) is 22.5. The Kier molecular flexibility index (Phi) is 34.9. The second-order valence-electron chi connectivity index (χ2n) is 11.3. The van der Waals surface area contributed by atoms with Crippen LogP contribution in [0.5, 0.6) is 0 Å². The lowest BCUT2D eigenvalue weighted by Gasteiger charge is -2.07. The highest BCUT2D eigenvalue weighted by Gasteiger charge is 2.04. The van der Waals surface area contributed by atoms with Gasteiger partial charge in [0.05, 0.1) is 12.7 Å². The van der Waals surface area contributed by atoms with E-state index in [0.717, 1.165) is 19.3 Å². The van der Waals surface area contributed by atoms with Crippen LogP contribution in [0.15, 0.2) is 0 Å². The van der Waals surface area contributed by atoms with Gasteiger partial charge in [-0.25, -0.2) is 0 Å². The van der Waals surface area contributed by atoms with Crippen LogP contribution in [0.4, 0.5) is 0 Å². The van der Waals surface area contributed by atoms with Crippen LogP contribution in [-0.4, -0.2) is 24.6 Å². The smallest absolute Gasteiger partial charge is 0.306 e. The Hall–Kier alpha value is -1.06. The Morgan fingerprint density at radius 1 is 0.447 bits per heavy atom. The van der Waals surface area contributed by atoms with Crippen molar-refractivity contribution >= 4 is 11.9 Å². The van der Waals surface area contributed by atoms with E-state index in [2.05, 4.69) is 13.8 Å². The minimum absolute atomic E-state index is 0.0159. The third-order valence-electron chi connectivity index (χ3n) is 6.80. The van der Waals surface area contributed by atoms with Crippen molar-refractivity contribution in [2.45, 2.75) is 201 Å². The van der Waals surface area contributed by atoms with Gasteiger partial charge in [-0.15, -0.1) is 0 Å². The van der Waals surface area contributed by atoms with E-state index in [4.69, 9.17) is 9.47 Å². The second-order valence-corrected chi connectivity index (χ2v) is 11.3. The first-order chi connectivity index (χ1) is 18.5. The van der Waals surface area contributed by atoms with Gasteiger partial charge in [-0.3, -0.25) is 9.59 Å². The number of hydrogen-bond donors (Lipinski definition) is 0. The molecule has 0 N–H and O–H groups in total. The van der Waals surface area contributed by atoms with Gasteiger partial charge < -0.3 is 9.47 Å². The van der Waals surface area contributed by atoms with Crippen LogP contribution in [0.1, 0.15) is 195 Å². The van der Waals surface area contributed by atoms with E-state index in [1.165, 1.54) is 128 Å². The highest BCUT2D eigenvalue weighted by Crippen LogP contribution is 2.13. The zero-order valence-corrected chi connectivity index (χ0v) is 26.6. The van der Waals surface area contributed by atoms with Gasteiger partial charge in [0.15, 0.2) is 0 Å². The predicted molar refractivity (Wildman–Crippen MR) is 165 cm³/mol. The average molecular weight is 541 g/mol. The summed E-state index contributed by atoms with van der Waals surface area (Å²) in [6.45, 7) is 10.9. The van der Waals surface area contributed by atoms with Crippen LogP contribution >= 0.6 is 0 Å². The van der Waals surface area contributed by atoms with Crippen LogP contribution in [0, 0.1) is 0 Å². The summed E-state index contributed by atoms with van der Waals surface area (Å²) < 4.78 is 10.1. The minimum Gasteiger partial charge on any atom is -0.466 e. The molecule has 0 unspecified atom stereocenters. The van der Waals surface area contributed by atoms with E-state index < -0.39 is 0 Å². The van der Waals surface area contributed by atoms with Crippen LogP contribution in [0.2, 0.25) is 0 Å². The molecule has 0 atom stereocenters. The van der Waals surface area contributed by atoms with E-state index in [0.29, 0.717) is 19.4 Å². The van der Waals surface area contributed by atoms with Crippen LogP contribution in [-0.2, 0) is 19.1 Å². The van der Waals surface area contributed by atoms with Gasteiger partial charge in [-0.05, 0) is 33.1 Å². The van der Waals surface area contributed by atoms with Crippen molar-refractivity contribution < 1.29 is 19.1 Å². The highest BCUT2D eigenvalue weighted by atomic mass is 16.5. The number of carbonyl (C=O) groups excluding carboxylic acids is 2. The number of carbonyl (C=O) groups is 2. The molecule has 0 bridgehead atoms. The fourth-order valence-electron chi connectivity index (χ4n) is 4.48. The molecule has 0 spiro atoms. The summed E-state index contributed by atoms with van der Waals surface area (Å²) in [5.74, 6) is -0.0521. The molecular weight excluding hydrogens is 472 g/mol. The van der Waals surface area contributed by atoms with Gasteiger partial charge in [-0.2, -0.15) is 0 Å². The summed E-state index contributed by atoms with van der Waals surface area (Å²) in [5, 5.41) is 0.